The van der Waals surface area contributed by atoms with E-state index in [4.69, 9.17) is 4.74 Å². The Morgan fingerprint density at radius 3 is 2.55 bits per heavy atom. The van der Waals surface area contributed by atoms with Crippen molar-refractivity contribution in [1.82, 2.24) is 0 Å². The van der Waals surface area contributed by atoms with Crippen LogP contribution in [0.4, 0.5) is 0 Å². The van der Waals surface area contributed by atoms with E-state index in [1.54, 1.807) is 7.11 Å². The Bertz CT molecular complexity index is 594. The van der Waals surface area contributed by atoms with Crippen molar-refractivity contribution in [3.63, 3.8) is 0 Å². The molecule has 3 atom stereocenters. The molecule has 2 heteroatoms. The van der Waals surface area contributed by atoms with E-state index >= 15 is 0 Å². The van der Waals surface area contributed by atoms with Gasteiger partial charge in [0.1, 0.15) is 5.75 Å². The molecule has 104 valence electrons. The number of methoxy groups -OCH3 is 1. The van der Waals surface area contributed by atoms with Gasteiger partial charge in [0.15, 0.2) is 0 Å². The number of alkyl halides is 1. The average Bonchev–Trinajstić information content (AvgIpc) is 3.28. The highest BCUT2D eigenvalue weighted by Crippen LogP contribution is 2.57. The zero-order chi connectivity index (χ0) is 14.1. The molecule has 2 aromatic carbocycles. The maximum Gasteiger partial charge on any atom is 0.121 e. The van der Waals surface area contributed by atoms with Gasteiger partial charge in [0.05, 0.1) is 7.11 Å². The first-order valence-electron chi connectivity index (χ1n) is 7.04. The minimum absolute atomic E-state index is 0.428. The van der Waals surface area contributed by atoms with E-state index in [2.05, 4.69) is 71.4 Å². The van der Waals surface area contributed by atoms with Gasteiger partial charge < -0.3 is 4.74 Å². The van der Waals surface area contributed by atoms with Crippen LogP contribution in [0.3, 0.4) is 0 Å². The molecule has 2 aromatic rings. The summed E-state index contributed by atoms with van der Waals surface area (Å²) in [5.41, 5.74) is 4.02. The van der Waals surface area contributed by atoms with E-state index in [1.807, 2.05) is 0 Å². The number of halogens is 1. The SMILES string of the molecule is COc1ccc(C(Br)C2CC2c2ccccc2)cc1C. The zero-order valence-corrected chi connectivity index (χ0v) is 13.4. The van der Waals surface area contributed by atoms with Crippen molar-refractivity contribution in [3.8, 4) is 5.75 Å². The van der Waals surface area contributed by atoms with Crippen LogP contribution in [0.1, 0.15) is 33.9 Å². The molecule has 0 spiro atoms. The number of hydrogen-bond acceptors (Lipinski definition) is 1. The zero-order valence-electron chi connectivity index (χ0n) is 11.8. The molecule has 3 rings (SSSR count). The normalized spacial score (nSPS) is 22.4. The Balaban J connectivity index is 1.75. The van der Waals surface area contributed by atoms with E-state index in [0.29, 0.717) is 16.7 Å². The van der Waals surface area contributed by atoms with E-state index in [0.717, 1.165) is 5.75 Å². The fourth-order valence-electron chi connectivity index (χ4n) is 2.94. The molecule has 1 aliphatic carbocycles. The van der Waals surface area contributed by atoms with Crippen LogP contribution in [0.15, 0.2) is 48.5 Å². The Hall–Kier alpha value is -1.28. The topological polar surface area (TPSA) is 9.23 Å². The van der Waals surface area contributed by atoms with Crippen LogP contribution in [0.25, 0.3) is 0 Å². The molecular formula is C18H19BrO. The summed E-state index contributed by atoms with van der Waals surface area (Å²) in [6.45, 7) is 2.10. The second kappa shape index (κ2) is 5.61. The van der Waals surface area contributed by atoms with Crippen molar-refractivity contribution < 1.29 is 4.74 Å². The Morgan fingerprint density at radius 2 is 1.90 bits per heavy atom. The van der Waals surface area contributed by atoms with E-state index in [-0.39, 0.29) is 0 Å². The predicted octanol–water partition coefficient (Wildman–Crippen LogP) is 5.24. The number of aryl methyl sites for hydroxylation is 1. The third-order valence-electron chi connectivity index (χ3n) is 4.18. The van der Waals surface area contributed by atoms with Crippen molar-refractivity contribution >= 4 is 15.9 Å². The lowest BCUT2D eigenvalue weighted by Crippen LogP contribution is -1.96. The predicted molar refractivity (Wildman–Crippen MR) is 86.7 cm³/mol. The van der Waals surface area contributed by atoms with Crippen molar-refractivity contribution in [2.75, 3.05) is 7.11 Å². The van der Waals surface area contributed by atoms with Gasteiger partial charge in [0.2, 0.25) is 0 Å². The van der Waals surface area contributed by atoms with Crippen LogP contribution in [0, 0.1) is 12.8 Å². The Morgan fingerprint density at radius 1 is 1.15 bits per heavy atom. The third-order valence-corrected chi connectivity index (χ3v) is 5.39. The smallest absolute Gasteiger partial charge is 0.121 e. The highest BCUT2D eigenvalue weighted by Gasteiger charge is 2.43. The van der Waals surface area contributed by atoms with E-state index in [9.17, 15) is 0 Å². The van der Waals surface area contributed by atoms with Crippen LogP contribution in [0.2, 0.25) is 0 Å². The van der Waals surface area contributed by atoms with Gasteiger partial charge in [-0.2, -0.15) is 0 Å². The molecule has 0 radical (unpaired) electrons. The highest BCUT2D eigenvalue weighted by molar-refractivity contribution is 9.09. The molecule has 20 heavy (non-hydrogen) atoms. The fourth-order valence-corrected chi connectivity index (χ4v) is 3.81. The molecule has 0 amide bonds. The molecule has 1 saturated carbocycles. The number of benzene rings is 2. The molecule has 0 bridgehead atoms. The van der Waals surface area contributed by atoms with Crippen LogP contribution >= 0.6 is 15.9 Å². The minimum Gasteiger partial charge on any atom is -0.496 e. The standard InChI is InChI=1S/C18H19BrO/c1-12-10-14(8-9-17(12)20-2)18(19)16-11-15(16)13-6-4-3-5-7-13/h3-10,15-16,18H,11H2,1-2H3. The van der Waals surface area contributed by atoms with Gasteiger partial charge in [0, 0.05) is 4.83 Å². The lowest BCUT2D eigenvalue weighted by atomic mass is 10.0. The average molecular weight is 331 g/mol. The van der Waals surface area contributed by atoms with Crippen molar-refractivity contribution in [3.05, 3.63) is 65.2 Å². The summed E-state index contributed by atoms with van der Waals surface area (Å²) in [5, 5.41) is 0. The minimum atomic E-state index is 0.428. The summed E-state index contributed by atoms with van der Waals surface area (Å²) in [6.07, 6.45) is 1.27. The molecule has 0 heterocycles. The summed E-state index contributed by atoms with van der Waals surface area (Å²) in [5.74, 6) is 2.36. The first kappa shape index (κ1) is 13.7. The molecule has 0 aromatic heterocycles. The van der Waals surface area contributed by atoms with Gasteiger partial charge in [-0.3, -0.25) is 0 Å². The second-order valence-corrected chi connectivity index (χ2v) is 6.53. The summed E-state index contributed by atoms with van der Waals surface area (Å²) in [4.78, 5) is 0.428. The first-order chi connectivity index (χ1) is 9.70. The van der Waals surface area contributed by atoms with Gasteiger partial charge in [-0.05, 0) is 47.9 Å². The molecule has 3 unspecified atom stereocenters. The number of ether oxygens (including phenoxy) is 1. The molecule has 0 aliphatic heterocycles. The van der Waals surface area contributed by atoms with Gasteiger partial charge >= 0.3 is 0 Å². The van der Waals surface area contributed by atoms with Crippen molar-refractivity contribution in [2.45, 2.75) is 24.1 Å². The number of hydrogen-bond donors (Lipinski definition) is 0. The molecule has 0 saturated heterocycles. The van der Waals surface area contributed by atoms with E-state index in [1.165, 1.54) is 23.1 Å². The second-order valence-electron chi connectivity index (χ2n) is 5.55. The monoisotopic (exact) mass is 330 g/mol. The van der Waals surface area contributed by atoms with Crippen molar-refractivity contribution in [1.29, 1.82) is 0 Å². The highest BCUT2D eigenvalue weighted by atomic mass is 79.9. The fraction of sp³-hybridized carbons (Fsp3) is 0.333. The molecular weight excluding hydrogens is 312 g/mol. The van der Waals surface area contributed by atoms with Gasteiger partial charge in [-0.15, -0.1) is 0 Å². The van der Waals surface area contributed by atoms with Gasteiger partial charge in [-0.25, -0.2) is 0 Å². The van der Waals surface area contributed by atoms with Crippen molar-refractivity contribution in [2.24, 2.45) is 5.92 Å². The Kier molecular flexibility index (Phi) is 3.84. The molecule has 1 aliphatic rings. The largest absolute Gasteiger partial charge is 0.496 e. The van der Waals surface area contributed by atoms with Gasteiger partial charge in [0.25, 0.3) is 0 Å². The quantitative estimate of drug-likeness (QED) is 0.696. The molecule has 1 fully saturated rings. The number of rotatable bonds is 4. The third kappa shape index (κ3) is 2.62. The summed E-state index contributed by atoms with van der Waals surface area (Å²) in [6, 6.07) is 17.3. The van der Waals surface area contributed by atoms with E-state index < -0.39 is 0 Å². The maximum absolute atomic E-state index is 5.33. The van der Waals surface area contributed by atoms with Crippen LogP contribution in [-0.4, -0.2) is 7.11 Å². The Labute approximate surface area is 129 Å². The maximum atomic E-state index is 5.33. The lowest BCUT2D eigenvalue weighted by molar-refractivity contribution is 0.411. The first-order valence-corrected chi connectivity index (χ1v) is 7.96. The summed E-state index contributed by atoms with van der Waals surface area (Å²) >= 11 is 3.89. The summed E-state index contributed by atoms with van der Waals surface area (Å²) in [7, 11) is 1.72. The molecule has 1 nitrogen and oxygen atoms in total. The lowest BCUT2D eigenvalue weighted by Gasteiger charge is -2.13. The molecule has 0 N–H and O–H groups in total. The van der Waals surface area contributed by atoms with Crippen LogP contribution in [-0.2, 0) is 0 Å². The van der Waals surface area contributed by atoms with Crippen LogP contribution < -0.4 is 4.74 Å². The summed E-state index contributed by atoms with van der Waals surface area (Å²) < 4.78 is 5.33. The van der Waals surface area contributed by atoms with Gasteiger partial charge in [-0.1, -0.05) is 58.4 Å². The van der Waals surface area contributed by atoms with Crippen LogP contribution in [0.5, 0.6) is 5.75 Å².